The third-order valence-corrected chi connectivity index (χ3v) is 3.90. The van der Waals surface area contributed by atoms with Gasteiger partial charge in [-0.1, -0.05) is 6.07 Å². The standard InChI is InChI=1S/C15H22F3N3/c1-12-3-4-13(15(16,17)18)11-14(12)19-5-6-21-9-7-20(2)8-10-21/h3-4,11,19H,5-10H2,1-2H3. The Hall–Kier alpha value is -1.27. The molecular weight excluding hydrogens is 279 g/mol. The number of aryl methyl sites for hydroxylation is 1. The van der Waals surface area contributed by atoms with Gasteiger partial charge < -0.3 is 10.2 Å². The van der Waals surface area contributed by atoms with Crippen LogP contribution in [0.15, 0.2) is 18.2 Å². The minimum atomic E-state index is -4.29. The molecule has 1 aliphatic rings. The van der Waals surface area contributed by atoms with Gasteiger partial charge in [0.25, 0.3) is 0 Å². The second-order valence-corrected chi connectivity index (χ2v) is 5.60. The van der Waals surface area contributed by atoms with Gasteiger partial charge in [-0.25, -0.2) is 0 Å². The van der Waals surface area contributed by atoms with Crippen molar-refractivity contribution in [2.75, 3.05) is 51.6 Å². The Balaban J connectivity index is 1.88. The van der Waals surface area contributed by atoms with E-state index in [0.717, 1.165) is 44.4 Å². The van der Waals surface area contributed by atoms with Crippen molar-refractivity contribution in [3.8, 4) is 0 Å². The van der Waals surface area contributed by atoms with Crippen LogP contribution < -0.4 is 5.32 Å². The summed E-state index contributed by atoms with van der Waals surface area (Å²) in [5.74, 6) is 0. The first-order valence-corrected chi connectivity index (χ1v) is 7.19. The topological polar surface area (TPSA) is 18.5 Å². The summed E-state index contributed by atoms with van der Waals surface area (Å²) >= 11 is 0. The molecule has 0 aromatic heterocycles. The van der Waals surface area contributed by atoms with Crippen molar-refractivity contribution in [2.45, 2.75) is 13.1 Å². The van der Waals surface area contributed by atoms with Crippen LogP contribution in [0.5, 0.6) is 0 Å². The number of piperazine rings is 1. The van der Waals surface area contributed by atoms with Gasteiger partial charge in [-0.3, -0.25) is 4.90 Å². The van der Waals surface area contributed by atoms with Crippen LogP contribution >= 0.6 is 0 Å². The normalized spacial score (nSPS) is 18.0. The van der Waals surface area contributed by atoms with E-state index < -0.39 is 11.7 Å². The fourth-order valence-electron chi connectivity index (χ4n) is 2.41. The van der Waals surface area contributed by atoms with E-state index >= 15 is 0 Å². The molecular formula is C15H22F3N3. The molecule has 0 unspecified atom stereocenters. The summed E-state index contributed by atoms with van der Waals surface area (Å²) in [5.41, 5.74) is 0.801. The highest BCUT2D eigenvalue weighted by Crippen LogP contribution is 2.31. The van der Waals surface area contributed by atoms with Gasteiger partial charge >= 0.3 is 6.18 Å². The van der Waals surface area contributed by atoms with Crippen molar-refractivity contribution in [2.24, 2.45) is 0 Å². The van der Waals surface area contributed by atoms with E-state index in [1.807, 2.05) is 6.92 Å². The fourth-order valence-corrected chi connectivity index (χ4v) is 2.41. The molecule has 1 N–H and O–H groups in total. The largest absolute Gasteiger partial charge is 0.416 e. The molecule has 118 valence electrons. The molecule has 2 rings (SSSR count). The molecule has 1 heterocycles. The quantitative estimate of drug-likeness (QED) is 0.922. The van der Waals surface area contributed by atoms with Crippen LogP contribution in [-0.4, -0.2) is 56.1 Å². The van der Waals surface area contributed by atoms with E-state index in [1.54, 1.807) is 0 Å². The maximum Gasteiger partial charge on any atom is 0.416 e. The Labute approximate surface area is 123 Å². The van der Waals surface area contributed by atoms with Crippen molar-refractivity contribution in [3.63, 3.8) is 0 Å². The highest BCUT2D eigenvalue weighted by atomic mass is 19.4. The summed E-state index contributed by atoms with van der Waals surface area (Å²) in [7, 11) is 2.10. The van der Waals surface area contributed by atoms with Crippen molar-refractivity contribution in [1.29, 1.82) is 0 Å². The van der Waals surface area contributed by atoms with Crippen molar-refractivity contribution < 1.29 is 13.2 Å². The van der Waals surface area contributed by atoms with Gasteiger partial charge in [0.05, 0.1) is 5.56 Å². The second kappa shape index (κ2) is 6.66. The number of nitrogens with zero attached hydrogens (tertiary/aromatic N) is 2. The van der Waals surface area contributed by atoms with E-state index in [9.17, 15) is 13.2 Å². The van der Waals surface area contributed by atoms with Crippen LogP contribution in [0.3, 0.4) is 0 Å². The second-order valence-electron chi connectivity index (χ2n) is 5.60. The Morgan fingerprint density at radius 1 is 1.14 bits per heavy atom. The van der Waals surface area contributed by atoms with E-state index in [1.165, 1.54) is 12.1 Å². The molecule has 0 spiro atoms. The van der Waals surface area contributed by atoms with Gasteiger partial charge in [-0.2, -0.15) is 13.2 Å². The smallest absolute Gasteiger partial charge is 0.384 e. The lowest BCUT2D eigenvalue weighted by Crippen LogP contribution is -2.45. The average Bonchev–Trinajstić information content (AvgIpc) is 2.42. The van der Waals surface area contributed by atoms with Gasteiger partial charge in [0.15, 0.2) is 0 Å². The number of rotatable bonds is 4. The predicted octanol–water partition coefficient (Wildman–Crippen LogP) is 2.67. The minimum Gasteiger partial charge on any atom is -0.384 e. The molecule has 0 bridgehead atoms. The Morgan fingerprint density at radius 2 is 1.81 bits per heavy atom. The first kappa shape index (κ1) is 16.1. The molecule has 1 saturated heterocycles. The fraction of sp³-hybridized carbons (Fsp3) is 0.600. The summed E-state index contributed by atoms with van der Waals surface area (Å²) in [6.07, 6.45) is -4.29. The zero-order valence-electron chi connectivity index (χ0n) is 12.5. The molecule has 0 atom stereocenters. The number of hydrogen-bond acceptors (Lipinski definition) is 3. The first-order chi connectivity index (χ1) is 9.86. The minimum absolute atomic E-state index is 0.568. The third-order valence-electron chi connectivity index (χ3n) is 3.90. The molecule has 1 fully saturated rings. The van der Waals surface area contributed by atoms with Crippen LogP contribution in [0, 0.1) is 6.92 Å². The lowest BCUT2D eigenvalue weighted by atomic mass is 10.1. The summed E-state index contributed by atoms with van der Waals surface area (Å²) < 4.78 is 38.1. The van der Waals surface area contributed by atoms with Crippen LogP contribution in [0.25, 0.3) is 0 Å². The summed E-state index contributed by atoms with van der Waals surface area (Å²) in [6, 6.07) is 3.83. The summed E-state index contributed by atoms with van der Waals surface area (Å²) in [6.45, 7) is 7.44. The Morgan fingerprint density at radius 3 is 2.43 bits per heavy atom. The number of nitrogens with one attached hydrogen (secondary N) is 1. The molecule has 0 radical (unpaired) electrons. The highest BCUT2D eigenvalue weighted by Gasteiger charge is 2.30. The zero-order valence-corrected chi connectivity index (χ0v) is 12.5. The number of halogens is 3. The van der Waals surface area contributed by atoms with Gasteiger partial charge in [0.1, 0.15) is 0 Å². The molecule has 1 aromatic carbocycles. The van der Waals surface area contributed by atoms with Crippen molar-refractivity contribution >= 4 is 5.69 Å². The third kappa shape index (κ3) is 4.61. The lowest BCUT2D eigenvalue weighted by molar-refractivity contribution is -0.137. The monoisotopic (exact) mass is 301 g/mol. The number of anilines is 1. The number of benzene rings is 1. The number of alkyl halides is 3. The average molecular weight is 301 g/mol. The number of hydrogen-bond donors (Lipinski definition) is 1. The van der Waals surface area contributed by atoms with Crippen LogP contribution in [0.4, 0.5) is 18.9 Å². The van der Waals surface area contributed by atoms with E-state index in [4.69, 9.17) is 0 Å². The van der Waals surface area contributed by atoms with Crippen molar-refractivity contribution in [3.05, 3.63) is 29.3 Å². The molecule has 6 heteroatoms. The zero-order chi connectivity index (χ0) is 15.5. The van der Waals surface area contributed by atoms with Crippen LogP contribution in [-0.2, 0) is 6.18 Å². The maximum atomic E-state index is 12.7. The molecule has 0 saturated carbocycles. The van der Waals surface area contributed by atoms with Crippen LogP contribution in [0.2, 0.25) is 0 Å². The molecule has 1 aromatic rings. The van der Waals surface area contributed by atoms with E-state index in [2.05, 4.69) is 22.2 Å². The Bertz CT molecular complexity index is 466. The predicted molar refractivity (Wildman–Crippen MR) is 78.6 cm³/mol. The van der Waals surface area contributed by atoms with E-state index in [-0.39, 0.29) is 0 Å². The van der Waals surface area contributed by atoms with Gasteiger partial charge in [-0.15, -0.1) is 0 Å². The van der Waals surface area contributed by atoms with Gasteiger partial charge in [-0.05, 0) is 31.7 Å². The SMILES string of the molecule is Cc1ccc(C(F)(F)F)cc1NCCN1CCN(C)CC1. The van der Waals surface area contributed by atoms with Gasteiger partial charge in [0.2, 0.25) is 0 Å². The number of likely N-dealkylation sites (N-methyl/N-ethyl adjacent to an activating group) is 1. The molecule has 21 heavy (non-hydrogen) atoms. The maximum absolute atomic E-state index is 12.7. The van der Waals surface area contributed by atoms with Gasteiger partial charge in [0, 0.05) is 45.0 Å². The first-order valence-electron chi connectivity index (χ1n) is 7.19. The van der Waals surface area contributed by atoms with Crippen molar-refractivity contribution in [1.82, 2.24) is 9.80 Å². The highest BCUT2D eigenvalue weighted by molar-refractivity contribution is 5.53. The molecule has 0 amide bonds. The Kier molecular flexibility index (Phi) is 5.11. The van der Waals surface area contributed by atoms with Crippen LogP contribution in [0.1, 0.15) is 11.1 Å². The van der Waals surface area contributed by atoms with E-state index in [0.29, 0.717) is 12.2 Å². The molecule has 1 aliphatic heterocycles. The summed E-state index contributed by atoms with van der Waals surface area (Å²) in [4.78, 5) is 4.61. The lowest BCUT2D eigenvalue weighted by Gasteiger charge is -2.32. The molecule has 0 aliphatic carbocycles. The molecule has 3 nitrogen and oxygen atoms in total. The summed E-state index contributed by atoms with van der Waals surface area (Å²) in [5, 5.41) is 3.13.